The molecule has 1 aliphatic heterocycles. The quantitative estimate of drug-likeness (QED) is 0.484. The summed E-state index contributed by atoms with van der Waals surface area (Å²) in [5, 5.41) is 9.28. The standard InChI is InChI=1S/C22H23N3O4S/c1-4-29-17-12-8-6-10-15(17)19-18(13(2)23-22(30)25-19)20(26)24-16-11-7-5-9-14(16)21(27)28-3/h5-12,18-19H,2,4H2,1,3H3,(H,24,26)(H2,23,25,30)/t18-,19+/m0/s1. The number of methoxy groups -OCH3 is 1. The Morgan fingerprint density at radius 1 is 1.17 bits per heavy atom. The van der Waals surface area contributed by atoms with Crippen LogP contribution in [0, 0.1) is 5.92 Å². The van der Waals surface area contributed by atoms with Crippen molar-refractivity contribution in [1.82, 2.24) is 10.6 Å². The van der Waals surface area contributed by atoms with Crippen molar-refractivity contribution in [3.63, 3.8) is 0 Å². The van der Waals surface area contributed by atoms with Crippen LogP contribution >= 0.6 is 12.2 Å². The lowest BCUT2D eigenvalue weighted by Crippen LogP contribution is -2.51. The normalized spacial score (nSPS) is 18.1. The number of hydrogen-bond acceptors (Lipinski definition) is 5. The minimum absolute atomic E-state index is 0.262. The maximum atomic E-state index is 13.3. The molecule has 0 spiro atoms. The van der Waals surface area contributed by atoms with E-state index in [1.807, 2.05) is 31.2 Å². The van der Waals surface area contributed by atoms with E-state index < -0.39 is 17.9 Å². The summed E-state index contributed by atoms with van der Waals surface area (Å²) >= 11 is 5.29. The molecule has 8 heteroatoms. The predicted molar refractivity (Wildman–Crippen MR) is 118 cm³/mol. The van der Waals surface area contributed by atoms with Gasteiger partial charge in [0.15, 0.2) is 5.11 Å². The van der Waals surface area contributed by atoms with E-state index in [9.17, 15) is 9.59 Å². The molecule has 1 aliphatic rings. The Morgan fingerprint density at radius 2 is 1.87 bits per heavy atom. The molecule has 2 aromatic rings. The van der Waals surface area contributed by atoms with E-state index in [0.717, 1.165) is 5.56 Å². The van der Waals surface area contributed by atoms with E-state index >= 15 is 0 Å². The Morgan fingerprint density at radius 3 is 2.60 bits per heavy atom. The van der Waals surface area contributed by atoms with E-state index in [4.69, 9.17) is 21.7 Å². The molecule has 0 radical (unpaired) electrons. The van der Waals surface area contributed by atoms with Crippen LogP contribution in [0.5, 0.6) is 5.75 Å². The smallest absolute Gasteiger partial charge is 0.339 e. The number of carbonyl (C=O) groups is 2. The maximum Gasteiger partial charge on any atom is 0.339 e. The zero-order chi connectivity index (χ0) is 21.7. The summed E-state index contributed by atoms with van der Waals surface area (Å²) in [6, 6.07) is 13.6. The number of rotatable bonds is 6. The second kappa shape index (κ2) is 9.41. The molecule has 30 heavy (non-hydrogen) atoms. The fourth-order valence-electron chi connectivity index (χ4n) is 3.37. The van der Waals surface area contributed by atoms with E-state index in [-0.39, 0.29) is 11.5 Å². The molecule has 156 valence electrons. The number of esters is 1. The molecular formula is C22H23N3O4S. The van der Waals surface area contributed by atoms with Gasteiger partial charge in [0.05, 0.1) is 31.0 Å². The highest BCUT2D eigenvalue weighted by Gasteiger charge is 2.38. The SMILES string of the molecule is C=C1NC(=S)N[C@H](c2ccccc2OCC)[C@H]1C(=O)Nc1ccccc1C(=O)OC. The Kier molecular flexibility index (Phi) is 6.68. The average Bonchev–Trinajstić information content (AvgIpc) is 2.73. The molecule has 0 aliphatic carbocycles. The van der Waals surface area contributed by atoms with E-state index in [1.54, 1.807) is 24.3 Å². The molecule has 0 aromatic heterocycles. The van der Waals surface area contributed by atoms with Crippen LogP contribution in [0.3, 0.4) is 0 Å². The molecular weight excluding hydrogens is 402 g/mol. The van der Waals surface area contributed by atoms with Gasteiger partial charge in [0, 0.05) is 11.3 Å². The molecule has 2 aromatic carbocycles. The van der Waals surface area contributed by atoms with Gasteiger partial charge >= 0.3 is 5.97 Å². The van der Waals surface area contributed by atoms with Gasteiger partial charge in [0.25, 0.3) is 0 Å². The number of amides is 1. The summed E-state index contributed by atoms with van der Waals surface area (Å²) in [6.07, 6.45) is 0. The van der Waals surface area contributed by atoms with Gasteiger partial charge in [-0.3, -0.25) is 4.79 Å². The molecule has 1 heterocycles. The van der Waals surface area contributed by atoms with Crippen molar-refractivity contribution in [2.24, 2.45) is 5.92 Å². The van der Waals surface area contributed by atoms with Crippen LogP contribution in [0.2, 0.25) is 0 Å². The second-order valence-electron chi connectivity index (χ2n) is 6.58. The summed E-state index contributed by atoms with van der Waals surface area (Å²) < 4.78 is 10.6. The number of carbonyl (C=O) groups excluding carboxylic acids is 2. The average molecular weight is 426 g/mol. The number of hydrogen-bond donors (Lipinski definition) is 3. The highest BCUT2D eigenvalue weighted by molar-refractivity contribution is 7.80. The van der Waals surface area contributed by atoms with Crippen LogP contribution in [0.4, 0.5) is 5.69 Å². The van der Waals surface area contributed by atoms with Crippen LogP contribution in [0.25, 0.3) is 0 Å². The number of benzene rings is 2. The lowest BCUT2D eigenvalue weighted by Gasteiger charge is -2.36. The van der Waals surface area contributed by atoms with Gasteiger partial charge in [0.2, 0.25) is 5.91 Å². The van der Waals surface area contributed by atoms with Gasteiger partial charge in [-0.05, 0) is 37.3 Å². The van der Waals surface area contributed by atoms with E-state index in [1.165, 1.54) is 7.11 Å². The molecule has 7 nitrogen and oxygen atoms in total. The van der Waals surface area contributed by atoms with Crippen molar-refractivity contribution < 1.29 is 19.1 Å². The van der Waals surface area contributed by atoms with Crippen molar-refractivity contribution >= 4 is 34.9 Å². The van der Waals surface area contributed by atoms with Crippen molar-refractivity contribution in [3.05, 3.63) is 71.9 Å². The maximum absolute atomic E-state index is 13.3. The molecule has 3 N–H and O–H groups in total. The van der Waals surface area contributed by atoms with Gasteiger partial charge < -0.3 is 25.4 Å². The number of thiocarbonyl (C=S) groups is 1. The first-order valence-electron chi connectivity index (χ1n) is 9.42. The molecule has 1 saturated heterocycles. The number of nitrogens with one attached hydrogen (secondary N) is 3. The Labute approximate surface area is 180 Å². The van der Waals surface area contributed by atoms with Crippen LogP contribution in [0.15, 0.2) is 60.8 Å². The van der Waals surface area contributed by atoms with Gasteiger partial charge in [-0.25, -0.2) is 4.79 Å². The number of ether oxygens (including phenoxy) is 2. The minimum atomic E-state index is -0.719. The van der Waals surface area contributed by atoms with Crippen molar-refractivity contribution in [2.75, 3.05) is 19.0 Å². The Balaban J connectivity index is 1.96. The van der Waals surface area contributed by atoms with Gasteiger partial charge in [-0.1, -0.05) is 36.9 Å². The topological polar surface area (TPSA) is 88.7 Å². The molecule has 1 fully saturated rings. The highest BCUT2D eigenvalue weighted by Crippen LogP contribution is 2.35. The third kappa shape index (κ3) is 4.44. The number of para-hydroxylation sites is 2. The molecule has 2 atom stereocenters. The van der Waals surface area contributed by atoms with Gasteiger partial charge in [0.1, 0.15) is 11.7 Å². The zero-order valence-electron chi connectivity index (χ0n) is 16.7. The highest BCUT2D eigenvalue weighted by atomic mass is 32.1. The second-order valence-corrected chi connectivity index (χ2v) is 6.98. The third-order valence-corrected chi connectivity index (χ3v) is 4.92. The van der Waals surface area contributed by atoms with E-state index in [2.05, 4.69) is 22.5 Å². The largest absolute Gasteiger partial charge is 0.494 e. The molecule has 1 amide bonds. The van der Waals surface area contributed by atoms with Gasteiger partial charge in [-0.15, -0.1) is 0 Å². The van der Waals surface area contributed by atoms with Crippen LogP contribution < -0.4 is 20.7 Å². The van der Waals surface area contributed by atoms with Crippen LogP contribution in [0.1, 0.15) is 28.9 Å². The summed E-state index contributed by atoms with van der Waals surface area (Å²) in [7, 11) is 1.29. The third-order valence-electron chi connectivity index (χ3n) is 4.70. The molecule has 0 saturated carbocycles. The first-order chi connectivity index (χ1) is 14.5. The Bertz CT molecular complexity index is 992. The lowest BCUT2D eigenvalue weighted by atomic mass is 9.87. The Hall–Kier alpha value is -3.39. The first kappa shape index (κ1) is 21.3. The zero-order valence-corrected chi connectivity index (χ0v) is 17.5. The van der Waals surface area contributed by atoms with Crippen molar-refractivity contribution in [3.8, 4) is 5.75 Å². The number of anilines is 1. The monoisotopic (exact) mass is 425 g/mol. The summed E-state index contributed by atoms with van der Waals surface area (Å²) in [5.41, 5.74) is 1.85. The fourth-order valence-corrected chi connectivity index (χ4v) is 3.63. The first-order valence-corrected chi connectivity index (χ1v) is 9.83. The van der Waals surface area contributed by atoms with Crippen molar-refractivity contribution in [2.45, 2.75) is 13.0 Å². The summed E-state index contributed by atoms with van der Waals surface area (Å²) in [5.74, 6) is -0.953. The summed E-state index contributed by atoms with van der Waals surface area (Å²) in [4.78, 5) is 25.4. The van der Waals surface area contributed by atoms with E-state index in [0.29, 0.717) is 28.9 Å². The fraction of sp³-hybridized carbons (Fsp3) is 0.227. The van der Waals surface area contributed by atoms with Crippen LogP contribution in [-0.2, 0) is 9.53 Å². The van der Waals surface area contributed by atoms with Gasteiger partial charge in [-0.2, -0.15) is 0 Å². The van der Waals surface area contributed by atoms with Crippen molar-refractivity contribution in [1.29, 1.82) is 0 Å². The molecule has 0 bridgehead atoms. The summed E-state index contributed by atoms with van der Waals surface area (Å²) in [6.45, 7) is 6.38. The molecule has 3 rings (SSSR count). The lowest BCUT2D eigenvalue weighted by molar-refractivity contribution is -0.119. The minimum Gasteiger partial charge on any atom is -0.494 e. The van der Waals surface area contributed by atoms with Crippen LogP contribution in [-0.4, -0.2) is 30.7 Å². The molecule has 0 unspecified atom stereocenters. The predicted octanol–water partition coefficient (Wildman–Crippen LogP) is 3.16.